The third-order valence-electron chi connectivity index (χ3n) is 4.45. The van der Waals surface area contributed by atoms with Crippen molar-refractivity contribution in [1.29, 1.82) is 0 Å². The van der Waals surface area contributed by atoms with Crippen molar-refractivity contribution in [2.24, 2.45) is 0 Å². The van der Waals surface area contributed by atoms with Gasteiger partial charge in [0, 0.05) is 17.0 Å². The molecule has 6 nitrogen and oxygen atoms in total. The lowest BCUT2D eigenvalue weighted by atomic mass is 10.1. The molecule has 2 N–H and O–H groups in total. The van der Waals surface area contributed by atoms with Crippen molar-refractivity contribution in [1.82, 2.24) is 9.55 Å². The lowest BCUT2D eigenvalue weighted by Gasteiger charge is -2.13. The summed E-state index contributed by atoms with van der Waals surface area (Å²) < 4.78 is 2.20. The molecule has 0 fully saturated rings. The van der Waals surface area contributed by atoms with Crippen LogP contribution in [0.4, 0.5) is 5.13 Å². The Hall–Kier alpha value is -2.61. The van der Waals surface area contributed by atoms with Crippen molar-refractivity contribution in [3.8, 4) is 5.75 Å². The van der Waals surface area contributed by atoms with E-state index in [1.807, 2.05) is 6.92 Å². The number of aromatic hydroxyl groups is 1. The molecule has 29 heavy (non-hydrogen) atoms. The fourth-order valence-corrected chi connectivity index (χ4v) is 4.79. The maximum absolute atomic E-state index is 13.0. The van der Waals surface area contributed by atoms with Gasteiger partial charge in [-0.2, -0.15) is 0 Å². The van der Waals surface area contributed by atoms with Crippen LogP contribution in [0.1, 0.15) is 23.7 Å². The molecule has 0 atom stereocenters. The minimum Gasteiger partial charge on any atom is -0.506 e. The van der Waals surface area contributed by atoms with Crippen molar-refractivity contribution in [3.05, 3.63) is 62.4 Å². The number of pyridine rings is 1. The SMILES string of the molecule is CCCn1c(=O)c(C(=O)Nc2nc3c(Cl)cc(Cl)cc3s2)c(O)c2ccccc21. The Balaban J connectivity index is 1.81. The molecule has 1 amide bonds. The first-order valence-electron chi connectivity index (χ1n) is 8.82. The summed E-state index contributed by atoms with van der Waals surface area (Å²) in [5.41, 5.74) is 0.209. The maximum Gasteiger partial charge on any atom is 0.267 e. The predicted molar refractivity (Wildman–Crippen MR) is 118 cm³/mol. The van der Waals surface area contributed by atoms with Crippen molar-refractivity contribution >= 4 is 66.7 Å². The summed E-state index contributed by atoms with van der Waals surface area (Å²) in [5, 5.41) is 14.8. The monoisotopic (exact) mass is 447 g/mol. The number of halogens is 2. The quantitative estimate of drug-likeness (QED) is 0.445. The van der Waals surface area contributed by atoms with E-state index in [2.05, 4.69) is 10.3 Å². The second-order valence-electron chi connectivity index (χ2n) is 6.41. The number of nitrogens with zero attached hydrogens (tertiary/aromatic N) is 2. The number of aryl methyl sites for hydroxylation is 1. The Morgan fingerprint density at radius 3 is 2.79 bits per heavy atom. The molecule has 0 aliphatic carbocycles. The molecule has 4 rings (SSSR count). The number of hydrogen-bond acceptors (Lipinski definition) is 5. The highest BCUT2D eigenvalue weighted by molar-refractivity contribution is 7.22. The highest BCUT2D eigenvalue weighted by atomic mass is 35.5. The van der Waals surface area contributed by atoms with Crippen LogP contribution in [0.2, 0.25) is 10.0 Å². The lowest BCUT2D eigenvalue weighted by Crippen LogP contribution is -2.29. The first-order valence-corrected chi connectivity index (χ1v) is 10.4. The van der Waals surface area contributed by atoms with E-state index < -0.39 is 11.5 Å². The minimum atomic E-state index is -0.732. The molecule has 0 spiro atoms. The molecule has 0 bridgehead atoms. The van der Waals surface area contributed by atoms with Crippen molar-refractivity contribution in [2.45, 2.75) is 19.9 Å². The lowest BCUT2D eigenvalue weighted by molar-refractivity contribution is 0.102. The largest absolute Gasteiger partial charge is 0.506 e. The number of anilines is 1. The fourth-order valence-electron chi connectivity index (χ4n) is 3.21. The molecule has 0 aliphatic rings. The van der Waals surface area contributed by atoms with Crippen molar-refractivity contribution in [3.63, 3.8) is 0 Å². The highest BCUT2D eigenvalue weighted by Crippen LogP contribution is 2.34. The van der Waals surface area contributed by atoms with Gasteiger partial charge in [0.05, 0.1) is 15.2 Å². The molecule has 148 valence electrons. The molecule has 2 aromatic heterocycles. The number of carbonyl (C=O) groups is 1. The number of hydrogen-bond donors (Lipinski definition) is 2. The zero-order valence-corrected chi connectivity index (χ0v) is 17.5. The van der Waals surface area contributed by atoms with Crippen LogP contribution in [0.3, 0.4) is 0 Å². The van der Waals surface area contributed by atoms with Gasteiger partial charge in [0.1, 0.15) is 16.8 Å². The normalized spacial score (nSPS) is 11.3. The zero-order chi connectivity index (χ0) is 20.7. The number of carbonyl (C=O) groups excluding carboxylic acids is 1. The topological polar surface area (TPSA) is 84.2 Å². The molecule has 4 aromatic rings. The summed E-state index contributed by atoms with van der Waals surface area (Å²) in [4.78, 5) is 30.2. The van der Waals surface area contributed by atoms with Crippen LogP contribution in [-0.4, -0.2) is 20.6 Å². The minimum absolute atomic E-state index is 0.253. The van der Waals surface area contributed by atoms with E-state index in [9.17, 15) is 14.7 Å². The van der Waals surface area contributed by atoms with Crippen LogP contribution < -0.4 is 10.9 Å². The fraction of sp³-hybridized carbons (Fsp3) is 0.150. The highest BCUT2D eigenvalue weighted by Gasteiger charge is 2.23. The summed E-state index contributed by atoms with van der Waals surface area (Å²) in [5.74, 6) is -1.08. The predicted octanol–water partition coefficient (Wildman–Crippen LogP) is 5.29. The van der Waals surface area contributed by atoms with Crippen molar-refractivity contribution < 1.29 is 9.90 Å². The number of nitrogens with one attached hydrogen (secondary N) is 1. The number of para-hydroxylation sites is 1. The van der Waals surface area contributed by atoms with Gasteiger partial charge in [-0.15, -0.1) is 0 Å². The van der Waals surface area contributed by atoms with Crippen LogP contribution >= 0.6 is 34.5 Å². The molecular formula is C20H15Cl2N3O3S. The van der Waals surface area contributed by atoms with E-state index in [1.165, 1.54) is 15.9 Å². The summed E-state index contributed by atoms with van der Waals surface area (Å²) in [6, 6.07) is 10.2. The van der Waals surface area contributed by atoms with Crippen LogP contribution in [0.15, 0.2) is 41.2 Å². The molecule has 0 aliphatic heterocycles. The molecule has 2 heterocycles. The average Bonchev–Trinajstić information content (AvgIpc) is 3.08. The van der Waals surface area contributed by atoms with Gasteiger partial charge in [0.2, 0.25) is 0 Å². The van der Waals surface area contributed by atoms with Crippen LogP contribution in [0.5, 0.6) is 5.75 Å². The Labute approximate surface area is 179 Å². The number of amides is 1. The third-order valence-corrected chi connectivity index (χ3v) is 5.88. The van der Waals surface area contributed by atoms with Gasteiger partial charge < -0.3 is 9.67 Å². The van der Waals surface area contributed by atoms with E-state index >= 15 is 0 Å². The smallest absolute Gasteiger partial charge is 0.267 e. The summed E-state index contributed by atoms with van der Waals surface area (Å²) in [7, 11) is 0. The van der Waals surface area contributed by atoms with Crippen LogP contribution in [0.25, 0.3) is 21.1 Å². The van der Waals surface area contributed by atoms with E-state index in [0.717, 1.165) is 0 Å². The molecule has 2 aromatic carbocycles. The van der Waals surface area contributed by atoms with E-state index in [0.29, 0.717) is 44.1 Å². The summed E-state index contributed by atoms with van der Waals surface area (Å²) in [6.07, 6.45) is 0.701. The van der Waals surface area contributed by atoms with E-state index in [4.69, 9.17) is 23.2 Å². The van der Waals surface area contributed by atoms with Gasteiger partial charge >= 0.3 is 0 Å². The molecule has 9 heteroatoms. The second-order valence-corrected chi connectivity index (χ2v) is 8.28. The summed E-state index contributed by atoms with van der Waals surface area (Å²) in [6.45, 7) is 2.36. The average molecular weight is 448 g/mol. The van der Waals surface area contributed by atoms with Gasteiger partial charge in [-0.25, -0.2) is 4.98 Å². The molecule has 0 saturated heterocycles. The van der Waals surface area contributed by atoms with Gasteiger partial charge in [-0.1, -0.05) is 53.6 Å². The van der Waals surface area contributed by atoms with Crippen LogP contribution in [-0.2, 0) is 6.54 Å². The molecule has 0 unspecified atom stereocenters. The number of aromatic nitrogens is 2. The second kappa shape index (κ2) is 7.67. The van der Waals surface area contributed by atoms with Crippen molar-refractivity contribution in [2.75, 3.05) is 5.32 Å². The summed E-state index contributed by atoms with van der Waals surface area (Å²) >= 11 is 13.3. The van der Waals surface area contributed by atoms with Gasteiger partial charge in [0.25, 0.3) is 11.5 Å². The Morgan fingerprint density at radius 1 is 1.28 bits per heavy atom. The Bertz CT molecular complexity index is 1330. The standard InChI is InChI=1S/C20H15Cl2N3O3S/c1-2-7-25-13-6-4-3-5-11(13)17(26)15(19(25)28)18(27)24-20-23-16-12(22)8-10(21)9-14(16)29-20/h3-6,8-9,26H,2,7H2,1H3,(H,23,24,27). The van der Waals surface area contributed by atoms with E-state index in [-0.39, 0.29) is 16.4 Å². The molecular weight excluding hydrogens is 433 g/mol. The maximum atomic E-state index is 13.0. The van der Waals surface area contributed by atoms with Gasteiger partial charge in [-0.3, -0.25) is 14.9 Å². The molecule has 0 radical (unpaired) electrons. The number of benzene rings is 2. The Kier molecular flexibility index (Phi) is 5.21. The number of rotatable bonds is 4. The Morgan fingerprint density at radius 2 is 2.03 bits per heavy atom. The van der Waals surface area contributed by atoms with Crippen LogP contribution in [0, 0.1) is 0 Å². The third kappa shape index (κ3) is 3.46. The zero-order valence-electron chi connectivity index (χ0n) is 15.2. The van der Waals surface area contributed by atoms with E-state index in [1.54, 1.807) is 36.4 Å². The number of fused-ring (bicyclic) bond motifs is 2. The first-order chi connectivity index (χ1) is 13.9. The molecule has 0 saturated carbocycles. The van der Waals surface area contributed by atoms with Gasteiger partial charge in [-0.05, 0) is 30.7 Å². The first kappa shape index (κ1) is 19.7. The van der Waals surface area contributed by atoms with Gasteiger partial charge in [0.15, 0.2) is 5.13 Å². The number of thiazole rings is 1.